The lowest BCUT2D eigenvalue weighted by atomic mass is 9.95. The van der Waals surface area contributed by atoms with E-state index in [2.05, 4.69) is 0 Å². The topological polar surface area (TPSA) is 108 Å². The summed E-state index contributed by atoms with van der Waals surface area (Å²) in [5.41, 5.74) is 2.28. The van der Waals surface area contributed by atoms with E-state index in [-0.39, 0.29) is 30.3 Å². The maximum atomic E-state index is 12.7. The highest BCUT2D eigenvalue weighted by Gasteiger charge is 2.34. The Kier molecular flexibility index (Phi) is 11.2. The number of rotatable bonds is 15. The third-order valence-corrected chi connectivity index (χ3v) is 6.62. The summed E-state index contributed by atoms with van der Waals surface area (Å²) in [7, 11) is 0. The summed E-state index contributed by atoms with van der Waals surface area (Å²) in [6.07, 6.45) is 4.45. The smallest absolute Gasteiger partial charge is 0.347 e. The molecule has 2 aromatic rings. The second-order valence-electron chi connectivity index (χ2n) is 9.66. The summed E-state index contributed by atoms with van der Waals surface area (Å²) >= 11 is 0. The summed E-state index contributed by atoms with van der Waals surface area (Å²) in [4.78, 5) is 36.7. The lowest BCUT2D eigenvalue weighted by Gasteiger charge is -2.27. The molecule has 8 heteroatoms. The fraction of sp³-hybridized carbons (Fsp3) is 0.516. The fourth-order valence-electron chi connectivity index (χ4n) is 4.69. The SMILES string of the molecule is CCCc1c(OCCCCCOc2ccc3c(c2CCC)OC(C(=O)OCC)CC3=O)ccc(C(C)=O)c1O. The average molecular weight is 541 g/mol. The third-order valence-electron chi connectivity index (χ3n) is 6.62. The van der Waals surface area contributed by atoms with Crippen LogP contribution in [0.4, 0.5) is 0 Å². The summed E-state index contributed by atoms with van der Waals surface area (Å²) < 4.78 is 23.1. The first-order valence-electron chi connectivity index (χ1n) is 14.0. The van der Waals surface area contributed by atoms with Gasteiger partial charge in [0.15, 0.2) is 11.6 Å². The number of phenolic OH excluding ortho intramolecular Hbond substituents is 1. The quantitative estimate of drug-likeness (QED) is 0.166. The van der Waals surface area contributed by atoms with Crippen LogP contribution in [0.5, 0.6) is 23.0 Å². The Morgan fingerprint density at radius 2 is 1.54 bits per heavy atom. The van der Waals surface area contributed by atoms with Gasteiger partial charge in [0.2, 0.25) is 6.10 Å². The molecule has 0 fully saturated rings. The predicted molar refractivity (Wildman–Crippen MR) is 147 cm³/mol. The van der Waals surface area contributed by atoms with Crippen molar-refractivity contribution >= 4 is 17.5 Å². The molecule has 0 saturated heterocycles. The number of hydrogen-bond acceptors (Lipinski definition) is 8. The predicted octanol–water partition coefficient (Wildman–Crippen LogP) is 6.02. The molecule has 0 aromatic heterocycles. The number of esters is 1. The Morgan fingerprint density at radius 1 is 0.923 bits per heavy atom. The lowest BCUT2D eigenvalue weighted by molar-refractivity contribution is -0.151. The van der Waals surface area contributed by atoms with Gasteiger partial charge in [0, 0.05) is 11.1 Å². The monoisotopic (exact) mass is 540 g/mol. The Morgan fingerprint density at radius 3 is 2.15 bits per heavy atom. The van der Waals surface area contributed by atoms with E-state index in [9.17, 15) is 19.5 Å². The number of unbranched alkanes of at least 4 members (excludes halogenated alkanes) is 2. The van der Waals surface area contributed by atoms with E-state index in [1.807, 2.05) is 19.9 Å². The molecule has 2 aromatic carbocycles. The van der Waals surface area contributed by atoms with Gasteiger partial charge in [0.1, 0.15) is 23.0 Å². The molecule has 0 amide bonds. The van der Waals surface area contributed by atoms with Gasteiger partial charge in [-0.15, -0.1) is 0 Å². The molecule has 1 heterocycles. The first-order valence-corrected chi connectivity index (χ1v) is 14.0. The van der Waals surface area contributed by atoms with Crippen LogP contribution in [0.1, 0.15) is 98.1 Å². The molecule has 1 unspecified atom stereocenters. The van der Waals surface area contributed by atoms with Crippen molar-refractivity contribution in [2.75, 3.05) is 19.8 Å². The van der Waals surface area contributed by atoms with Crippen LogP contribution in [-0.2, 0) is 22.4 Å². The number of carbonyl (C=O) groups is 3. The van der Waals surface area contributed by atoms with Crippen LogP contribution >= 0.6 is 0 Å². The van der Waals surface area contributed by atoms with E-state index in [1.54, 1.807) is 25.1 Å². The molecule has 0 spiro atoms. The molecule has 39 heavy (non-hydrogen) atoms. The number of ether oxygens (including phenoxy) is 4. The van der Waals surface area contributed by atoms with Crippen molar-refractivity contribution < 1.29 is 38.4 Å². The van der Waals surface area contributed by atoms with Crippen molar-refractivity contribution in [3.63, 3.8) is 0 Å². The Bertz CT molecular complexity index is 1170. The van der Waals surface area contributed by atoms with Gasteiger partial charge in [-0.2, -0.15) is 0 Å². The van der Waals surface area contributed by atoms with Gasteiger partial charge in [-0.25, -0.2) is 4.79 Å². The van der Waals surface area contributed by atoms with Crippen molar-refractivity contribution in [1.29, 1.82) is 0 Å². The van der Waals surface area contributed by atoms with Crippen LogP contribution in [0.2, 0.25) is 0 Å². The fourth-order valence-corrected chi connectivity index (χ4v) is 4.69. The van der Waals surface area contributed by atoms with E-state index < -0.39 is 12.1 Å². The molecular weight excluding hydrogens is 500 g/mol. The molecule has 8 nitrogen and oxygen atoms in total. The summed E-state index contributed by atoms with van der Waals surface area (Å²) in [6, 6.07) is 6.89. The number of phenols is 1. The highest BCUT2D eigenvalue weighted by atomic mass is 16.6. The van der Waals surface area contributed by atoms with Crippen molar-refractivity contribution in [3.05, 3.63) is 46.5 Å². The Hall–Kier alpha value is -3.55. The Balaban J connectivity index is 1.55. The van der Waals surface area contributed by atoms with E-state index >= 15 is 0 Å². The van der Waals surface area contributed by atoms with Crippen LogP contribution in [0, 0.1) is 0 Å². The molecule has 0 aliphatic carbocycles. The number of fused-ring (bicyclic) bond motifs is 1. The minimum atomic E-state index is -0.936. The third kappa shape index (κ3) is 7.52. The van der Waals surface area contributed by atoms with Gasteiger partial charge in [0.05, 0.1) is 37.4 Å². The summed E-state index contributed by atoms with van der Waals surface area (Å²) in [6.45, 7) is 8.41. The average Bonchev–Trinajstić information content (AvgIpc) is 2.90. The minimum Gasteiger partial charge on any atom is -0.507 e. The Labute approximate surface area is 230 Å². The zero-order chi connectivity index (χ0) is 28.4. The normalized spacial score (nSPS) is 14.4. The van der Waals surface area contributed by atoms with Crippen LogP contribution < -0.4 is 14.2 Å². The van der Waals surface area contributed by atoms with E-state index in [0.717, 1.165) is 37.7 Å². The van der Waals surface area contributed by atoms with Gasteiger partial charge in [-0.05, 0) is 70.2 Å². The van der Waals surface area contributed by atoms with Crippen LogP contribution in [-0.4, -0.2) is 48.6 Å². The zero-order valence-corrected chi connectivity index (χ0v) is 23.5. The second-order valence-corrected chi connectivity index (χ2v) is 9.66. The maximum absolute atomic E-state index is 12.7. The largest absolute Gasteiger partial charge is 0.507 e. The molecule has 0 bridgehead atoms. The first-order chi connectivity index (χ1) is 18.8. The molecule has 1 aliphatic heterocycles. The van der Waals surface area contributed by atoms with E-state index in [4.69, 9.17) is 18.9 Å². The van der Waals surface area contributed by atoms with Crippen LogP contribution in [0.15, 0.2) is 24.3 Å². The summed E-state index contributed by atoms with van der Waals surface area (Å²) in [5.74, 6) is 0.888. The number of carbonyl (C=O) groups excluding carboxylic acids is 3. The second kappa shape index (κ2) is 14.6. The number of benzene rings is 2. The number of aromatic hydroxyl groups is 1. The highest BCUT2D eigenvalue weighted by Crippen LogP contribution is 2.38. The molecular formula is C31H40O8. The number of Topliss-reactive ketones (excluding diaryl/α,β-unsaturated/α-hetero) is 2. The van der Waals surface area contributed by atoms with Crippen molar-refractivity contribution in [2.24, 2.45) is 0 Å². The van der Waals surface area contributed by atoms with Gasteiger partial charge in [-0.1, -0.05) is 26.7 Å². The van der Waals surface area contributed by atoms with Gasteiger partial charge >= 0.3 is 5.97 Å². The zero-order valence-electron chi connectivity index (χ0n) is 23.5. The standard InChI is InChI=1S/C31H40O8/c1-5-11-23-26(15-13-21(20(4)32)29(23)34)37-17-9-8-10-18-38-27-16-14-22-25(33)19-28(31(35)36-7-3)39-30(22)24(27)12-6-2/h13-16,28,34H,5-12,17-19H2,1-4H3. The molecule has 212 valence electrons. The molecule has 0 radical (unpaired) electrons. The summed E-state index contributed by atoms with van der Waals surface area (Å²) in [5, 5.41) is 10.5. The van der Waals surface area contributed by atoms with Gasteiger partial charge in [0.25, 0.3) is 0 Å². The minimum absolute atomic E-state index is 0.0161. The molecule has 0 saturated carbocycles. The molecule has 1 atom stereocenters. The lowest BCUT2D eigenvalue weighted by Crippen LogP contribution is -2.36. The van der Waals surface area contributed by atoms with Crippen LogP contribution in [0.3, 0.4) is 0 Å². The van der Waals surface area contributed by atoms with Crippen molar-refractivity contribution in [2.45, 2.75) is 85.2 Å². The van der Waals surface area contributed by atoms with Gasteiger partial charge < -0.3 is 24.1 Å². The molecule has 1 N–H and O–H groups in total. The number of hydrogen-bond donors (Lipinski definition) is 1. The number of ketones is 2. The maximum Gasteiger partial charge on any atom is 0.347 e. The van der Waals surface area contributed by atoms with Crippen molar-refractivity contribution in [1.82, 2.24) is 0 Å². The van der Waals surface area contributed by atoms with Crippen LogP contribution in [0.25, 0.3) is 0 Å². The molecule has 3 rings (SSSR count). The first kappa shape index (κ1) is 30.0. The van der Waals surface area contributed by atoms with E-state index in [1.165, 1.54) is 6.92 Å². The van der Waals surface area contributed by atoms with Gasteiger partial charge in [-0.3, -0.25) is 9.59 Å². The van der Waals surface area contributed by atoms with E-state index in [0.29, 0.717) is 60.0 Å². The molecule has 1 aliphatic rings. The highest BCUT2D eigenvalue weighted by molar-refractivity contribution is 6.03. The van der Waals surface area contributed by atoms with Crippen molar-refractivity contribution in [3.8, 4) is 23.0 Å².